The number of β-lactam (4-membered cyclic amide) rings is 1. The maximum Gasteiger partial charge on any atom is 0.254 e. The lowest BCUT2D eigenvalue weighted by molar-refractivity contribution is -0.181. The molecule has 3 heterocycles. The molecule has 2 aliphatic rings. The average molecular weight is 386 g/mol. The van der Waals surface area contributed by atoms with Crippen LogP contribution in [0.25, 0.3) is 10.9 Å². The highest BCUT2D eigenvalue weighted by Crippen LogP contribution is 2.36. The minimum atomic E-state index is -0.250. The third-order valence-electron chi connectivity index (χ3n) is 6.42. The number of benzene rings is 1. The molecule has 0 saturated carbocycles. The summed E-state index contributed by atoms with van der Waals surface area (Å²) in [7, 11) is 3.37. The van der Waals surface area contributed by atoms with Gasteiger partial charge in [0.2, 0.25) is 0 Å². The van der Waals surface area contributed by atoms with Crippen LogP contribution in [-0.2, 0) is 16.1 Å². The number of carbonyl (C=O) groups is 1. The van der Waals surface area contributed by atoms with Crippen LogP contribution >= 0.6 is 0 Å². The molecule has 4 rings (SSSR count). The SMILES string of the molecule is COc1ccc2[nH]cc(CN3CCC([C@H]4[C@@H](OC)C(=O)N4C(C)C)CC3)c2c1. The lowest BCUT2D eigenvalue weighted by Gasteiger charge is -2.53. The van der Waals surface area contributed by atoms with Crippen LogP contribution in [0.1, 0.15) is 32.3 Å². The number of amides is 1. The number of hydrogen-bond donors (Lipinski definition) is 1. The van der Waals surface area contributed by atoms with Gasteiger partial charge in [-0.15, -0.1) is 0 Å². The summed E-state index contributed by atoms with van der Waals surface area (Å²) in [5, 5.41) is 1.23. The Morgan fingerprint density at radius 3 is 2.61 bits per heavy atom. The quantitative estimate of drug-likeness (QED) is 0.777. The number of aromatic amines is 1. The van der Waals surface area contributed by atoms with E-state index in [1.165, 1.54) is 10.9 Å². The van der Waals surface area contributed by atoms with Crippen LogP contribution in [0.4, 0.5) is 0 Å². The first-order valence-electron chi connectivity index (χ1n) is 10.2. The number of nitrogens with zero attached hydrogens (tertiary/aromatic N) is 2. The highest BCUT2D eigenvalue weighted by Gasteiger charge is 2.52. The fourth-order valence-corrected chi connectivity index (χ4v) is 4.93. The number of fused-ring (bicyclic) bond motifs is 1. The lowest BCUT2D eigenvalue weighted by atomic mass is 9.79. The Kier molecular flexibility index (Phi) is 5.34. The van der Waals surface area contributed by atoms with E-state index in [4.69, 9.17) is 9.47 Å². The molecule has 2 aliphatic heterocycles. The van der Waals surface area contributed by atoms with Gasteiger partial charge in [0.25, 0.3) is 5.91 Å². The Labute approximate surface area is 166 Å². The molecular formula is C22H31N3O3. The van der Waals surface area contributed by atoms with Gasteiger partial charge in [0, 0.05) is 36.8 Å². The first-order valence-corrected chi connectivity index (χ1v) is 10.2. The number of piperidine rings is 1. The maximum absolute atomic E-state index is 12.3. The molecule has 0 bridgehead atoms. The van der Waals surface area contributed by atoms with Gasteiger partial charge in [0.05, 0.1) is 13.2 Å². The molecule has 1 aromatic heterocycles. The van der Waals surface area contributed by atoms with E-state index in [1.807, 2.05) is 11.0 Å². The normalized spacial score (nSPS) is 24.2. The lowest BCUT2D eigenvalue weighted by Crippen LogP contribution is -2.70. The topological polar surface area (TPSA) is 57.8 Å². The van der Waals surface area contributed by atoms with Gasteiger partial charge >= 0.3 is 0 Å². The van der Waals surface area contributed by atoms with Crippen molar-refractivity contribution >= 4 is 16.8 Å². The van der Waals surface area contributed by atoms with Gasteiger partial charge in [-0.2, -0.15) is 0 Å². The van der Waals surface area contributed by atoms with Crippen molar-refractivity contribution in [2.45, 2.75) is 51.4 Å². The number of ether oxygens (including phenoxy) is 2. The highest BCUT2D eigenvalue weighted by molar-refractivity contribution is 5.89. The fraction of sp³-hybridized carbons (Fsp3) is 0.591. The molecule has 0 spiro atoms. The summed E-state index contributed by atoms with van der Waals surface area (Å²) >= 11 is 0. The summed E-state index contributed by atoms with van der Waals surface area (Å²) in [6, 6.07) is 6.64. The van der Waals surface area contributed by atoms with Crippen molar-refractivity contribution in [3.8, 4) is 5.75 Å². The number of methoxy groups -OCH3 is 2. The molecule has 152 valence electrons. The highest BCUT2D eigenvalue weighted by atomic mass is 16.5. The number of H-pyrrole nitrogens is 1. The second-order valence-corrected chi connectivity index (χ2v) is 8.33. The second-order valence-electron chi connectivity index (χ2n) is 8.33. The molecule has 0 aliphatic carbocycles. The molecule has 2 fully saturated rings. The second kappa shape index (κ2) is 7.76. The van der Waals surface area contributed by atoms with Crippen LogP contribution in [-0.4, -0.2) is 66.2 Å². The summed E-state index contributed by atoms with van der Waals surface area (Å²) in [5.41, 5.74) is 2.46. The van der Waals surface area contributed by atoms with Crippen LogP contribution < -0.4 is 4.74 Å². The Bertz CT molecular complexity index is 839. The first kappa shape index (κ1) is 19.3. The third kappa shape index (κ3) is 3.29. The van der Waals surface area contributed by atoms with Crippen molar-refractivity contribution in [3.63, 3.8) is 0 Å². The van der Waals surface area contributed by atoms with Crippen LogP contribution in [0.3, 0.4) is 0 Å². The fourth-order valence-electron chi connectivity index (χ4n) is 4.93. The minimum Gasteiger partial charge on any atom is -0.497 e. The van der Waals surface area contributed by atoms with Crippen molar-refractivity contribution in [3.05, 3.63) is 30.0 Å². The van der Waals surface area contributed by atoms with Crippen molar-refractivity contribution in [1.82, 2.24) is 14.8 Å². The zero-order chi connectivity index (χ0) is 19.8. The van der Waals surface area contributed by atoms with Crippen molar-refractivity contribution in [2.75, 3.05) is 27.3 Å². The molecule has 2 saturated heterocycles. The molecule has 2 aromatic rings. The third-order valence-corrected chi connectivity index (χ3v) is 6.42. The zero-order valence-corrected chi connectivity index (χ0v) is 17.3. The zero-order valence-electron chi connectivity index (χ0n) is 17.3. The predicted molar refractivity (Wildman–Crippen MR) is 109 cm³/mol. The van der Waals surface area contributed by atoms with Gasteiger partial charge in [0.1, 0.15) is 5.75 Å². The van der Waals surface area contributed by atoms with Crippen molar-refractivity contribution in [2.24, 2.45) is 5.92 Å². The Balaban J connectivity index is 1.40. The van der Waals surface area contributed by atoms with Gasteiger partial charge in [-0.25, -0.2) is 0 Å². The molecule has 1 aromatic carbocycles. The minimum absolute atomic E-state index is 0.151. The van der Waals surface area contributed by atoms with E-state index in [0.29, 0.717) is 5.92 Å². The number of hydrogen-bond acceptors (Lipinski definition) is 4. The van der Waals surface area contributed by atoms with Gasteiger partial charge in [-0.1, -0.05) is 0 Å². The number of rotatable bonds is 6. The number of carbonyl (C=O) groups excluding carboxylic acids is 1. The van der Waals surface area contributed by atoms with E-state index in [1.54, 1.807) is 14.2 Å². The summed E-state index contributed by atoms with van der Waals surface area (Å²) in [6.45, 7) is 7.22. The summed E-state index contributed by atoms with van der Waals surface area (Å²) < 4.78 is 10.9. The molecule has 1 N–H and O–H groups in total. The predicted octanol–water partition coefficient (Wildman–Crippen LogP) is 3.02. The largest absolute Gasteiger partial charge is 0.497 e. The number of likely N-dealkylation sites (tertiary alicyclic amines) is 2. The van der Waals surface area contributed by atoms with E-state index in [2.05, 4.69) is 42.1 Å². The standard InChI is InChI=1S/C22H31N3O3/c1-14(2)25-20(21(28-4)22(25)26)15-7-9-24(10-8-15)13-16-12-23-19-6-5-17(27-3)11-18(16)19/h5-6,11-12,14-15,20-21,23H,7-10,13H2,1-4H3/t20-,21+/m0/s1. The van der Waals surface area contributed by atoms with E-state index in [-0.39, 0.29) is 24.1 Å². The molecule has 1 amide bonds. The smallest absolute Gasteiger partial charge is 0.254 e. The number of nitrogens with one attached hydrogen (secondary N) is 1. The van der Waals surface area contributed by atoms with E-state index in [0.717, 1.165) is 43.7 Å². The Hall–Kier alpha value is -2.05. The Morgan fingerprint density at radius 2 is 1.96 bits per heavy atom. The number of aromatic nitrogens is 1. The monoisotopic (exact) mass is 385 g/mol. The van der Waals surface area contributed by atoms with Crippen LogP contribution in [0, 0.1) is 5.92 Å². The molecule has 0 radical (unpaired) electrons. The van der Waals surface area contributed by atoms with Crippen molar-refractivity contribution < 1.29 is 14.3 Å². The molecular weight excluding hydrogens is 354 g/mol. The molecule has 2 atom stereocenters. The molecule has 0 unspecified atom stereocenters. The molecule has 6 heteroatoms. The van der Waals surface area contributed by atoms with Gasteiger partial charge in [-0.05, 0) is 69.5 Å². The van der Waals surface area contributed by atoms with Crippen LogP contribution in [0.15, 0.2) is 24.4 Å². The van der Waals surface area contributed by atoms with Crippen LogP contribution in [0.5, 0.6) is 5.75 Å². The van der Waals surface area contributed by atoms with Gasteiger partial charge in [-0.3, -0.25) is 9.69 Å². The van der Waals surface area contributed by atoms with Crippen molar-refractivity contribution in [1.29, 1.82) is 0 Å². The Morgan fingerprint density at radius 1 is 1.21 bits per heavy atom. The van der Waals surface area contributed by atoms with Gasteiger partial charge in [0.15, 0.2) is 6.10 Å². The van der Waals surface area contributed by atoms with E-state index in [9.17, 15) is 4.79 Å². The van der Waals surface area contributed by atoms with E-state index < -0.39 is 0 Å². The van der Waals surface area contributed by atoms with Gasteiger partial charge < -0.3 is 19.4 Å². The van der Waals surface area contributed by atoms with Crippen LogP contribution in [0.2, 0.25) is 0 Å². The van der Waals surface area contributed by atoms with E-state index >= 15 is 0 Å². The average Bonchev–Trinajstić information content (AvgIpc) is 3.08. The molecule has 28 heavy (non-hydrogen) atoms. The first-order chi connectivity index (χ1) is 13.5. The maximum atomic E-state index is 12.3. The summed E-state index contributed by atoms with van der Waals surface area (Å²) in [5.74, 6) is 1.56. The molecule has 6 nitrogen and oxygen atoms in total. The summed E-state index contributed by atoms with van der Waals surface area (Å²) in [6.07, 6.45) is 4.07. The summed E-state index contributed by atoms with van der Waals surface area (Å²) in [4.78, 5) is 20.2.